The van der Waals surface area contributed by atoms with Gasteiger partial charge in [0, 0.05) is 18.3 Å². The first-order valence-electron chi connectivity index (χ1n) is 6.63. The molecule has 0 saturated heterocycles. The lowest BCUT2D eigenvalue weighted by Crippen LogP contribution is -2.43. The van der Waals surface area contributed by atoms with Crippen molar-refractivity contribution in [2.75, 3.05) is 14.2 Å². The second-order valence-corrected chi connectivity index (χ2v) is 4.70. The summed E-state index contributed by atoms with van der Waals surface area (Å²) < 4.78 is 10.6. The van der Waals surface area contributed by atoms with Crippen LogP contribution in [0, 0.1) is 0 Å². The Balaban J connectivity index is 2.07. The van der Waals surface area contributed by atoms with E-state index in [1.54, 1.807) is 18.3 Å². The number of esters is 1. The van der Waals surface area contributed by atoms with E-state index >= 15 is 0 Å². The topological polar surface area (TPSA) is 60.5 Å². The van der Waals surface area contributed by atoms with Crippen molar-refractivity contribution in [3.63, 3.8) is 0 Å². The smallest absolute Gasteiger partial charge is 0.356 e. The highest BCUT2D eigenvalue weighted by atomic mass is 16.5. The van der Waals surface area contributed by atoms with Gasteiger partial charge in [0.1, 0.15) is 11.9 Å². The Morgan fingerprint density at radius 3 is 2.95 bits per heavy atom. The minimum absolute atomic E-state index is 0.145. The summed E-state index contributed by atoms with van der Waals surface area (Å²) in [7, 11) is 3.30. The molecule has 5 nitrogen and oxygen atoms in total. The maximum Gasteiger partial charge on any atom is 0.356 e. The number of hydrogen-bond donors (Lipinski definition) is 1. The summed E-state index contributed by atoms with van der Waals surface area (Å²) in [6.07, 6.45) is 6.27. The van der Waals surface area contributed by atoms with Crippen LogP contribution >= 0.6 is 0 Å². The summed E-state index contributed by atoms with van der Waals surface area (Å²) in [6, 6.07) is 3.77. The Bertz CT molecular complexity index is 436. The molecule has 0 aromatic carbocycles. The molecule has 0 bridgehead atoms. The van der Waals surface area contributed by atoms with Gasteiger partial charge in [-0.3, -0.25) is 0 Å². The van der Waals surface area contributed by atoms with Gasteiger partial charge in [-0.25, -0.2) is 9.78 Å². The van der Waals surface area contributed by atoms with Crippen LogP contribution in [-0.2, 0) is 4.74 Å². The lowest BCUT2D eigenvalue weighted by Gasteiger charge is -2.31. The Labute approximate surface area is 113 Å². The molecule has 104 valence electrons. The fourth-order valence-electron chi connectivity index (χ4n) is 2.44. The van der Waals surface area contributed by atoms with Crippen LogP contribution in [0.5, 0.6) is 5.75 Å². The minimum atomic E-state index is -0.445. The zero-order valence-corrected chi connectivity index (χ0v) is 11.4. The van der Waals surface area contributed by atoms with E-state index < -0.39 is 5.97 Å². The molecule has 19 heavy (non-hydrogen) atoms. The number of carbonyl (C=O) groups is 1. The zero-order valence-electron chi connectivity index (χ0n) is 11.4. The predicted octanol–water partition coefficient (Wildman–Crippen LogP) is 1.78. The average Bonchev–Trinajstić information content (AvgIpc) is 2.47. The van der Waals surface area contributed by atoms with E-state index in [-0.39, 0.29) is 11.8 Å². The highest BCUT2D eigenvalue weighted by Crippen LogP contribution is 2.24. The quantitative estimate of drug-likeness (QED) is 0.840. The highest BCUT2D eigenvalue weighted by molar-refractivity contribution is 5.87. The van der Waals surface area contributed by atoms with Gasteiger partial charge in [0.05, 0.1) is 7.11 Å². The van der Waals surface area contributed by atoms with Crippen LogP contribution in [-0.4, -0.2) is 37.3 Å². The van der Waals surface area contributed by atoms with E-state index in [0.29, 0.717) is 11.8 Å². The van der Waals surface area contributed by atoms with Gasteiger partial charge in [-0.2, -0.15) is 0 Å². The molecule has 0 spiro atoms. The molecule has 1 fully saturated rings. The van der Waals surface area contributed by atoms with Crippen LogP contribution in [0.2, 0.25) is 0 Å². The number of nitrogens with one attached hydrogen (secondary N) is 1. The predicted molar refractivity (Wildman–Crippen MR) is 71.3 cm³/mol. The molecule has 0 aliphatic heterocycles. The van der Waals surface area contributed by atoms with E-state index in [0.717, 1.165) is 12.8 Å². The summed E-state index contributed by atoms with van der Waals surface area (Å²) in [6.45, 7) is 0. The molecule has 0 radical (unpaired) electrons. The molecular weight excluding hydrogens is 244 g/mol. The monoisotopic (exact) mass is 264 g/mol. The van der Waals surface area contributed by atoms with Gasteiger partial charge in [-0.15, -0.1) is 0 Å². The van der Waals surface area contributed by atoms with Crippen LogP contribution in [0.15, 0.2) is 18.3 Å². The van der Waals surface area contributed by atoms with Crippen molar-refractivity contribution >= 4 is 5.97 Å². The van der Waals surface area contributed by atoms with E-state index in [2.05, 4.69) is 15.0 Å². The van der Waals surface area contributed by atoms with Crippen molar-refractivity contribution in [2.24, 2.45) is 0 Å². The summed E-state index contributed by atoms with van der Waals surface area (Å²) in [5.41, 5.74) is 0.275. The van der Waals surface area contributed by atoms with Crippen LogP contribution in [0.1, 0.15) is 36.2 Å². The number of rotatable bonds is 4. The van der Waals surface area contributed by atoms with E-state index in [1.165, 1.54) is 20.0 Å². The molecule has 1 saturated carbocycles. The SMILES string of the molecule is CNC1CCCCC1Oc1ccnc(C(=O)OC)c1. The van der Waals surface area contributed by atoms with Crippen LogP contribution < -0.4 is 10.1 Å². The fourth-order valence-corrected chi connectivity index (χ4v) is 2.44. The van der Waals surface area contributed by atoms with Crippen molar-refractivity contribution in [3.8, 4) is 5.75 Å². The number of carbonyl (C=O) groups excluding carboxylic acids is 1. The summed E-state index contributed by atoms with van der Waals surface area (Å²) in [5.74, 6) is 0.224. The Morgan fingerprint density at radius 1 is 1.42 bits per heavy atom. The first kappa shape index (κ1) is 13.8. The third-order valence-corrected chi connectivity index (χ3v) is 3.49. The zero-order chi connectivity index (χ0) is 13.7. The van der Waals surface area contributed by atoms with Crippen molar-refractivity contribution in [1.29, 1.82) is 0 Å². The first-order valence-corrected chi connectivity index (χ1v) is 6.63. The average molecular weight is 264 g/mol. The number of nitrogens with zero attached hydrogens (tertiary/aromatic N) is 1. The molecule has 1 aromatic heterocycles. The van der Waals surface area contributed by atoms with Crippen LogP contribution in [0.3, 0.4) is 0 Å². The normalized spacial score (nSPS) is 22.8. The lowest BCUT2D eigenvalue weighted by atomic mass is 9.92. The summed E-state index contributed by atoms with van der Waals surface area (Å²) in [5, 5.41) is 3.29. The number of ether oxygens (including phenoxy) is 2. The Hall–Kier alpha value is -1.62. The molecule has 1 heterocycles. The van der Waals surface area contributed by atoms with Gasteiger partial charge in [-0.05, 0) is 32.4 Å². The standard InChI is InChI=1S/C14H20N2O3/c1-15-11-5-3-4-6-13(11)19-10-7-8-16-12(9-10)14(17)18-2/h7-9,11,13,15H,3-6H2,1-2H3. The Morgan fingerprint density at radius 2 is 2.21 bits per heavy atom. The number of aromatic nitrogens is 1. The summed E-state index contributed by atoms with van der Waals surface area (Å²) in [4.78, 5) is 15.4. The molecule has 2 unspecified atom stereocenters. The number of pyridine rings is 1. The van der Waals surface area contributed by atoms with Crippen LogP contribution in [0.4, 0.5) is 0 Å². The number of methoxy groups -OCH3 is 1. The van der Waals surface area contributed by atoms with Gasteiger partial charge in [-0.1, -0.05) is 6.42 Å². The molecule has 5 heteroatoms. The number of hydrogen-bond acceptors (Lipinski definition) is 5. The molecule has 0 amide bonds. The molecule has 2 rings (SSSR count). The lowest BCUT2D eigenvalue weighted by molar-refractivity contribution is 0.0592. The van der Waals surface area contributed by atoms with Gasteiger partial charge < -0.3 is 14.8 Å². The first-order chi connectivity index (χ1) is 9.24. The molecular formula is C14H20N2O3. The van der Waals surface area contributed by atoms with E-state index in [1.807, 2.05) is 7.05 Å². The molecule has 1 N–H and O–H groups in total. The van der Waals surface area contributed by atoms with Crippen molar-refractivity contribution < 1.29 is 14.3 Å². The maximum atomic E-state index is 11.4. The minimum Gasteiger partial charge on any atom is -0.489 e. The Kier molecular flexibility index (Phi) is 4.74. The third-order valence-electron chi connectivity index (χ3n) is 3.49. The molecule has 1 aromatic rings. The fraction of sp³-hybridized carbons (Fsp3) is 0.571. The van der Waals surface area contributed by atoms with E-state index in [9.17, 15) is 4.79 Å². The van der Waals surface area contributed by atoms with Crippen molar-refractivity contribution in [1.82, 2.24) is 10.3 Å². The largest absolute Gasteiger partial charge is 0.489 e. The second kappa shape index (κ2) is 6.52. The van der Waals surface area contributed by atoms with Crippen LogP contribution in [0.25, 0.3) is 0 Å². The third kappa shape index (κ3) is 3.44. The van der Waals surface area contributed by atoms with Crippen molar-refractivity contribution in [2.45, 2.75) is 37.8 Å². The van der Waals surface area contributed by atoms with Gasteiger partial charge >= 0.3 is 5.97 Å². The van der Waals surface area contributed by atoms with Crippen molar-refractivity contribution in [3.05, 3.63) is 24.0 Å². The van der Waals surface area contributed by atoms with Gasteiger partial charge in [0.15, 0.2) is 5.69 Å². The number of likely N-dealkylation sites (N-methyl/N-ethyl adjacent to an activating group) is 1. The summed E-state index contributed by atoms with van der Waals surface area (Å²) >= 11 is 0. The van der Waals surface area contributed by atoms with Gasteiger partial charge in [0.25, 0.3) is 0 Å². The molecule has 1 aliphatic rings. The molecule has 2 atom stereocenters. The van der Waals surface area contributed by atoms with E-state index in [4.69, 9.17) is 4.74 Å². The molecule has 1 aliphatic carbocycles. The highest BCUT2D eigenvalue weighted by Gasteiger charge is 2.25. The maximum absolute atomic E-state index is 11.4. The van der Waals surface area contributed by atoms with Gasteiger partial charge in [0.2, 0.25) is 0 Å². The second-order valence-electron chi connectivity index (χ2n) is 4.70.